The average Bonchev–Trinajstić information content (AvgIpc) is 2.95. The van der Waals surface area contributed by atoms with Crippen molar-refractivity contribution in [3.63, 3.8) is 0 Å². The maximum absolute atomic E-state index is 12.5. The largest absolute Gasteiger partial charge is 0.390 e. The number of fused-ring (bicyclic) bond motifs is 1. The number of carbonyl (C=O) groups is 1. The van der Waals surface area contributed by atoms with Crippen molar-refractivity contribution in [3.05, 3.63) is 30.1 Å². The Bertz CT molecular complexity index is 659. The third kappa shape index (κ3) is 3.39. The van der Waals surface area contributed by atoms with Crippen LogP contribution in [0, 0.1) is 5.92 Å². The molecule has 0 unspecified atom stereocenters. The molecule has 5 heteroatoms. The number of hydrogen-bond donors (Lipinski definition) is 2. The van der Waals surface area contributed by atoms with E-state index in [-0.39, 0.29) is 11.8 Å². The first-order valence-corrected chi connectivity index (χ1v) is 8.43. The molecule has 2 heterocycles. The van der Waals surface area contributed by atoms with Gasteiger partial charge in [-0.3, -0.25) is 4.79 Å². The highest BCUT2D eigenvalue weighted by Gasteiger charge is 2.37. The quantitative estimate of drug-likeness (QED) is 0.911. The van der Waals surface area contributed by atoms with Gasteiger partial charge in [-0.1, -0.05) is 19.1 Å². The van der Waals surface area contributed by atoms with Gasteiger partial charge in [0.1, 0.15) is 5.82 Å². The lowest BCUT2D eigenvalue weighted by Crippen LogP contribution is -2.51. The van der Waals surface area contributed by atoms with Crippen LogP contribution in [0.5, 0.6) is 0 Å². The molecular formula is C18H25N3O2. The van der Waals surface area contributed by atoms with Gasteiger partial charge in [-0.2, -0.15) is 0 Å². The number of rotatable bonds is 4. The number of aromatic nitrogens is 2. The number of piperidine rings is 1. The number of aryl methyl sites for hydroxylation is 1. The van der Waals surface area contributed by atoms with Gasteiger partial charge >= 0.3 is 0 Å². The minimum absolute atomic E-state index is 0.152. The number of aliphatic hydroxyl groups is 1. The number of nitrogens with zero attached hydrogens (tertiary/aromatic N) is 2. The van der Waals surface area contributed by atoms with Gasteiger partial charge in [0, 0.05) is 31.8 Å². The summed E-state index contributed by atoms with van der Waals surface area (Å²) in [6.45, 7) is 5.25. The molecule has 1 saturated heterocycles. The van der Waals surface area contributed by atoms with Crippen molar-refractivity contribution in [2.45, 2.75) is 45.1 Å². The summed E-state index contributed by atoms with van der Waals surface area (Å²) < 4.78 is 0. The maximum Gasteiger partial charge on any atom is 0.223 e. The molecule has 2 atom stereocenters. The highest BCUT2D eigenvalue weighted by atomic mass is 16.3. The minimum atomic E-state index is -0.649. The zero-order valence-corrected chi connectivity index (χ0v) is 13.9. The summed E-state index contributed by atoms with van der Waals surface area (Å²) in [7, 11) is 0. The van der Waals surface area contributed by atoms with Gasteiger partial charge in [0.15, 0.2) is 0 Å². The summed E-state index contributed by atoms with van der Waals surface area (Å²) in [6.07, 6.45) is 2.62. The molecule has 0 radical (unpaired) electrons. The van der Waals surface area contributed by atoms with Crippen LogP contribution >= 0.6 is 0 Å². The third-order valence-electron chi connectivity index (χ3n) is 5.07. The summed E-state index contributed by atoms with van der Waals surface area (Å²) in [5, 5.41) is 10.4. The zero-order chi connectivity index (χ0) is 16.4. The van der Waals surface area contributed by atoms with E-state index in [4.69, 9.17) is 0 Å². The average molecular weight is 315 g/mol. The Hall–Kier alpha value is -1.88. The van der Waals surface area contributed by atoms with Crippen LogP contribution in [0.3, 0.4) is 0 Å². The minimum Gasteiger partial charge on any atom is -0.390 e. The summed E-state index contributed by atoms with van der Waals surface area (Å²) >= 11 is 0. The Morgan fingerprint density at radius 1 is 1.48 bits per heavy atom. The van der Waals surface area contributed by atoms with Crippen molar-refractivity contribution in [1.29, 1.82) is 0 Å². The predicted octanol–water partition coefficient (Wildman–Crippen LogP) is 2.51. The summed E-state index contributed by atoms with van der Waals surface area (Å²) in [5.74, 6) is 1.17. The lowest BCUT2D eigenvalue weighted by atomic mass is 9.81. The van der Waals surface area contributed by atoms with Crippen molar-refractivity contribution >= 4 is 16.9 Å². The lowest BCUT2D eigenvalue weighted by Gasteiger charge is -2.42. The van der Waals surface area contributed by atoms with Crippen molar-refractivity contribution in [3.8, 4) is 0 Å². The number of H-pyrrole nitrogens is 1. The summed E-state index contributed by atoms with van der Waals surface area (Å²) in [5.41, 5.74) is 1.30. The molecule has 0 aliphatic carbocycles. The number of nitrogens with one attached hydrogen (secondary N) is 1. The van der Waals surface area contributed by atoms with Gasteiger partial charge in [0.05, 0.1) is 16.6 Å². The van der Waals surface area contributed by atoms with Gasteiger partial charge < -0.3 is 15.0 Å². The van der Waals surface area contributed by atoms with Crippen LogP contribution in [0.4, 0.5) is 0 Å². The number of amides is 1. The first-order valence-electron chi connectivity index (χ1n) is 8.43. The number of carbonyl (C=O) groups excluding carboxylic acids is 1. The van der Waals surface area contributed by atoms with E-state index in [0.717, 1.165) is 23.3 Å². The van der Waals surface area contributed by atoms with Crippen LogP contribution in [0.15, 0.2) is 24.3 Å². The number of benzene rings is 1. The van der Waals surface area contributed by atoms with Crippen LogP contribution in [0.25, 0.3) is 11.0 Å². The zero-order valence-electron chi connectivity index (χ0n) is 13.9. The molecule has 2 aromatic rings. The molecule has 1 aliphatic rings. The Balaban J connectivity index is 1.59. The Kier molecular flexibility index (Phi) is 4.39. The maximum atomic E-state index is 12.5. The van der Waals surface area contributed by atoms with Crippen LogP contribution in [0.1, 0.15) is 38.9 Å². The van der Waals surface area contributed by atoms with Crippen molar-refractivity contribution < 1.29 is 9.90 Å². The van der Waals surface area contributed by atoms with E-state index < -0.39 is 5.60 Å². The molecule has 2 N–H and O–H groups in total. The second kappa shape index (κ2) is 6.32. The number of imidazole rings is 1. The van der Waals surface area contributed by atoms with Crippen LogP contribution < -0.4 is 0 Å². The third-order valence-corrected chi connectivity index (χ3v) is 5.07. The number of aromatic amines is 1. The predicted molar refractivity (Wildman–Crippen MR) is 90.0 cm³/mol. The van der Waals surface area contributed by atoms with Gasteiger partial charge in [-0.05, 0) is 31.9 Å². The number of hydrogen-bond acceptors (Lipinski definition) is 3. The van der Waals surface area contributed by atoms with E-state index in [2.05, 4.69) is 16.9 Å². The van der Waals surface area contributed by atoms with E-state index in [1.165, 1.54) is 0 Å². The van der Waals surface area contributed by atoms with Gasteiger partial charge in [-0.25, -0.2) is 4.98 Å². The topological polar surface area (TPSA) is 69.2 Å². The molecule has 1 aromatic carbocycles. The summed E-state index contributed by atoms with van der Waals surface area (Å²) in [4.78, 5) is 22.1. The van der Waals surface area contributed by atoms with Crippen LogP contribution in [0.2, 0.25) is 0 Å². The second-order valence-corrected chi connectivity index (χ2v) is 6.75. The van der Waals surface area contributed by atoms with Gasteiger partial charge in [0.25, 0.3) is 0 Å². The van der Waals surface area contributed by atoms with Gasteiger partial charge in [0.2, 0.25) is 5.91 Å². The highest BCUT2D eigenvalue weighted by Crippen LogP contribution is 2.30. The Labute approximate surface area is 136 Å². The molecule has 0 saturated carbocycles. The number of para-hydroxylation sites is 2. The lowest BCUT2D eigenvalue weighted by molar-refractivity contribution is -0.138. The molecule has 3 rings (SSSR count). The van der Waals surface area contributed by atoms with Crippen LogP contribution in [-0.2, 0) is 11.2 Å². The molecule has 1 aromatic heterocycles. The van der Waals surface area contributed by atoms with E-state index in [1.54, 1.807) is 0 Å². The van der Waals surface area contributed by atoms with Crippen molar-refractivity contribution in [1.82, 2.24) is 14.9 Å². The Morgan fingerprint density at radius 3 is 3.00 bits per heavy atom. The first kappa shape index (κ1) is 16.0. The molecule has 0 spiro atoms. The highest BCUT2D eigenvalue weighted by molar-refractivity contribution is 5.77. The summed E-state index contributed by atoms with van der Waals surface area (Å²) in [6, 6.07) is 7.89. The molecule has 1 aliphatic heterocycles. The Morgan fingerprint density at radius 2 is 2.26 bits per heavy atom. The molecule has 23 heavy (non-hydrogen) atoms. The molecule has 5 nitrogen and oxygen atoms in total. The first-order chi connectivity index (χ1) is 11.0. The van der Waals surface area contributed by atoms with Crippen molar-refractivity contribution in [2.75, 3.05) is 13.1 Å². The molecule has 124 valence electrons. The fourth-order valence-electron chi connectivity index (χ4n) is 3.42. The van der Waals surface area contributed by atoms with E-state index >= 15 is 0 Å². The fraction of sp³-hybridized carbons (Fsp3) is 0.556. The van der Waals surface area contributed by atoms with Gasteiger partial charge in [-0.15, -0.1) is 0 Å². The van der Waals surface area contributed by atoms with E-state index in [0.29, 0.717) is 32.4 Å². The van der Waals surface area contributed by atoms with Crippen LogP contribution in [-0.4, -0.2) is 44.6 Å². The van der Waals surface area contributed by atoms with E-state index in [9.17, 15) is 9.90 Å². The molecule has 1 fully saturated rings. The fourth-order valence-corrected chi connectivity index (χ4v) is 3.42. The normalized spacial score (nSPS) is 25.0. The number of likely N-dealkylation sites (tertiary alicyclic amines) is 1. The SMILES string of the molecule is CC[C@H]1CN(C(=O)CCc2nc3ccccc3[nH]2)CC[C@@]1(C)O. The smallest absolute Gasteiger partial charge is 0.223 e. The standard InChI is InChI=1S/C18H25N3O2/c1-3-13-12-21(11-10-18(13,2)23)17(22)9-8-16-19-14-6-4-5-7-15(14)20-16/h4-7,13,23H,3,8-12H2,1-2H3,(H,19,20)/t13-,18+/m0/s1. The molecular weight excluding hydrogens is 290 g/mol. The molecule has 1 amide bonds. The van der Waals surface area contributed by atoms with Crippen molar-refractivity contribution in [2.24, 2.45) is 5.92 Å². The van der Waals surface area contributed by atoms with E-state index in [1.807, 2.05) is 36.1 Å². The monoisotopic (exact) mass is 315 g/mol. The second-order valence-electron chi connectivity index (χ2n) is 6.75. The molecule has 0 bridgehead atoms.